The lowest BCUT2D eigenvalue weighted by Gasteiger charge is -2.17. The largest absolute Gasteiger partial charge is 0.350 e. The van der Waals surface area contributed by atoms with Crippen LogP contribution in [0.3, 0.4) is 0 Å². The van der Waals surface area contributed by atoms with E-state index in [9.17, 15) is 4.79 Å². The molecular formula is C23H21N3O. The molecule has 1 N–H and O–H groups in total. The molecule has 0 saturated carbocycles. The van der Waals surface area contributed by atoms with Crippen molar-refractivity contribution < 1.29 is 4.79 Å². The summed E-state index contributed by atoms with van der Waals surface area (Å²) in [5.41, 5.74) is 4.02. The number of amides is 1. The van der Waals surface area contributed by atoms with Crippen LogP contribution in [-0.4, -0.2) is 15.3 Å². The number of carbonyl (C=O) groups is 1. The Balaban J connectivity index is 1.47. The van der Waals surface area contributed by atoms with Crippen molar-refractivity contribution in [3.63, 3.8) is 0 Å². The molecular weight excluding hydrogens is 334 g/mol. The molecule has 0 aliphatic carbocycles. The normalized spacial score (nSPS) is 11.0. The molecule has 0 spiro atoms. The van der Waals surface area contributed by atoms with Crippen molar-refractivity contribution in [1.82, 2.24) is 14.7 Å². The van der Waals surface area contributed by atoms with E-state index < -0.39 is 0 Å². The molecule has 2 heterocycles. The molecule has 1 amide bonds. The van der Waals surface area contributed by atoms with E-state index in [1.807, 2.05) is 71.4 Å². The number of hydrogen-bond acceptors (Lipinski definition) is 2. The van der Waals surface area contributed by atoms with Gasteiger partial charge in [0.25, 0.3) is 0 Å². The van der Waals surface area contributed by atoms with Crippen LogP contribution in [0.15, 0.2) is 91.3 Å². The number of nitrogens with one attached hydrogen (secondary N) is 1. The summed E-state index contributed by atoms with van der Waals surface area (Å²) >= 11 is 0. The summed E-state index contributed by atoms with van der Waals surface area (Å²) in [6.45, 7) is 0.427. The van der Waals surface area contributed by atoms with Gasteiger partial charge < -0.3 is 9.72 Å². The molecule has 2 aromatic heterocycles. The molecule has 4 aromatic rings. The Bertz CT molecular complexity index is 953. The average molecular weight is 355 g/mol. The summed E-state index contributed by atoms with van der Waals surface area (Å²) < 4.78 is 1.96. The predicted octanol–water partition coefficient (Wildman–Crippen LogP) is 4.17. The average Bonchev–Trinajstić information content (AvgIpc) is 3.15. The van der Waals surface area contributed by atoms with Crippen molar-refractivity contribution in [3.8, 4) is 0 Å². The number of benzene rings is 2. The van der Waals surface area contributed by atoms with Gasteiger partial charge in [0.2, 0.25) is 5.91 Å². The van der Waals surface area contributed by atoms with Crippen molar-refractivity contribution in [3.05, 3.63) is 108 Å². The minimum absolute atomic E-state index is 0.0183. The summed E-state index contributed by atoms with van der Waals surface area (Å²) in [4.78, 5) is 17.2. The highest BCUT2D eigenvalue weighted by Gasteiger charge is 2.18. The van der Waals surface area contributed by atoms with Crippen LogP contribution in [0.4, 0.5) is 0 Å². The molecule has 2 aromatic carbocycles. The molecule has 4 rings (SSSR count). The molecule has 4 nitrogen and oxygen atoms in total. The lowest BCUT2D eigenvalue weighted by Crippen LogP contribution is -2.25. The highest BCUT2D eigenvalue weighted by atomic mass is 16.1. The lowest BCUT2D eigenvalue weighted by molar-refractivity contribution is -0.121. The number of hydrogen-bond donors (Lipinski definition) is 1. The van der Waals surface area contributed by atoms with E-state index in [-0.39, 0.29) is 11.8 Å². The van der Waals surface area contributed by atoms with Crippen LogP contribution in [0, 0.1) is 0 Å². The Kier molecular flexibility index (Phi) is 4.97. The van der Waals surface area contributed by atoms with Gasteiger partial charge in [-0.15, -0.1) is 0 Å². The first-order valence-corrected chi connectivity index (χ1v) is 9.09. The smallest absolute Gasteiger partial charge is 0.221 e. The van der Waals surface area contributed by atoms with Gasteiger partial charge >= 0.3 is 0 Å². The van der Waals surface area contributed by atoms with Crippen LogP contribution in [0.1, 0.15) is 29.2 Å². The number of nitrogens with zero attached hydrogens (tertiary/aromatic N) is 2. The fourth-order valence-corrected chi connectivity index (χ4v) is 3.32. The molecule has 0 unspecified atom stereocenters. The van der Waals surface area contributed by atoms with E-state index in [0.29, 0.717) is 13.0 Å². The Labute approximate surface area is 158 Å². The molecule has 0 aliphatic rings. The van der Waals surface area contributed by atoms with E-state index in [2.05, 4.69) is 34.6 Å². The SMILES string of the molecule is O=C(CC(c1ccccc1)c1ccccc1)NCc1cn2ccccc2n1. The maximum absolute atomic E-state index is 12.6. The number of imidazole rings is 1. The number of fused-ring (bicyclic) bond motifs is 1. The van der Waals surface area contributed by atoms with Crippen LogP contribution in [0.25, 0.3) is 5.65 Å². The van der Waals surface area contributed by atoms with Crippen LogP contribution in [-0.2, 0) is 11.3 Å². The lowest BCUT2D eigenvalue weighted by atomic mass is 9.88. The molecule has 27 heavy (non-hydrogen) atoms. The maximum Gasteiger partial charge on any atom is 0.221 e. The van der Waals surface area contributed by atoms with E-state index in [1.165, 1.54) is 0 Å². The van der Waals surface area contributed by atoms with Crippen molar-refractivity contribution >= 4 is 11.6 Å². The monoisotopic (exact) mass is 355 g/mol. The Hall–Kier alpha value is -3.40. The van der Waals surface area contributed by atoms with Crippen LogP contribution in [0.2, 0.25) is 0 Å². The Morgan fingerprint density at radius 2 is 1.52 bits per heavy atom. The third kappa shape index (κ3) is 4.06. The highest BCUT2D eigenvalue weighted by molar-refractivity contribution is 5.77. The number of pyridine rings is 1. The second kappa shape index (κ2) is 7.87. The molecule has 0 bridgehead atoms. The Morgan fingerprint density at radius 1 is 0.889 bits per heavy atom. The van der Waals surface area contributed by atoms with Crippen molar-refractivity contribution in [2.75, 3.05) is 0 Å². The minimum Gasteiger partial charge on any atom is -0.350 e. The summed E-state index contributed by atoms with van der Waals surface area (Å²) in [5.74, 6) is 0.0539. The third-order valence-electron chi connectivity index (χ3n) is 4.67. The standard InChI is InChI=1S/C23H21N3O/c27-23(24-16-20-17-26-14-8-7-13-22(26)25-20)15-21(18-9-3-1-4-10-18)19-11-5-2-6-12-19/h1-14,17,21H,15-16H2,(H,24,27). The fraction of sp³-hybridized carbons (Fsp3) is 0.130. The van der Waals surface area contributed by atoms with E-state index >= 15 is 0 Å². The number of aromatic nitrogens is 2. The van der Waals surface area contributed by atoms with Gasteiger partial charge in [-0.2, -0.15) is 0 Å². The second-order valence-corrected chi connectivity index (χ2v) is 6.55. The van der Waals surface area contributed by atoms with Gasteiger partial charge in [-0.1, -0.05) is 66.7 Å². The first kappa shape index (κ1) is 17.0. The van der Waals surface area contributed by atoms with Gasteiger partial charge in [-0.05, 0) is 23.3 Å². The quantitative estimate of drug-likeness (QED) is 0.564. The molecule has 0 radical (unpaired) electrons. The highest BCUT2D eigenvalue weighted by Crippen LogP contribution is 2.27. The zero-order valence-electron chi connectivity index (χ0n) is 15.0. The maximum atomic E-state index is 12.6. The molecule has 134 valence electrons. The van der Waals surface area contributed by atoms with Crippen LogP contribution in [0.5, 0.6) is 0 Å². The zero-order chi connectivity index (χ0) is 18.5. The van der Waals surface area contributed by atoms with Gasteiger partial charge in [-0.25, -0.2) is 4.98 Å². The van der Waals surface area contributed by atoms with Crippen LogP contribution >= 0.6 is 0 Å². The van der Waals surface area contributed by atoms with Gasteiger partial charge in [0.05, 0.1) is 12.2 Å². The zero-order valence-corrected chi connectivity index (χ0v) is 15.0. The molecule has 0 aliphatic heterocycles. The van der Waals surface area contributed by atoms with Gasteiger partial charge in [0, 0.05) is 24.7 Å². The Morgan fingerprint density at radius 3 is 2.15 bits per heavy atom. The number of rotatable bonds is 6. The first-order chi connectivity index (χ1) is 13.3. The van der Waals surface area contributed by atoms with E-state index in [4.69, 9.17) is 0 Å². The van der Waals surface area contributed by atoms with Crippen LogP contribution < -0.4 is 5.32 Å². The van der Waals surface area contributed by atoms with E-state index in [0.717, 1.165) is 22.5 Å². The van der Waals surface area contributed by atoms with Gasteiger partial charge in [-0.3, -0.25) is 4.79 Å². The third-order valence-corrected chi connectivity index (χ3v) is 4.67. The molecule has 0 fully saturated rings. The minimum atomic E-state index is 0.0183. The fourth-order valence-electron chi connectivity index (χ4n) is 3.32. The van der Waals surface area contributed by atoms with Crippen molar-refractivity contribution in [2.45, 2.75) is 18.9 Å². The van der Waals surface area contributed by atoms with E-state index in [1.54, 1.807) is 0 Å². The summed E-state index contributed by atoms with van der Waals surface area (Å²) in [7, 11) is 0. The first-order valence-electron chi connectivity index (χ1n) is 9.09. The van der Waals surface area contributed by atoms with Gasteiger partial charge in [0.15, 0.2) is 0 Å². The summed E-state index contributed by atoms with van der Waals surface area (Å²) in [6, 6.07) is 26.2. The van der Waals surface area contributed by atoms with Crippen molar-refractivity contribution in [1.29, 1.82) is 0 Å². The topological polar surface area (TPSA) is 46.4 Å². The van der Waals surface area contributed by atoms with Gasteiger partial charge in [0.1, 0.15) is 5.65 Å². The molecule has 0 saturated heterocycles. The van der Waals surface area contributed by atoms with Crippen molar-refractivity contribution in [2.24, 2.45) is 0 Å². The summed E-state index contributed by atoms with van der Waals surface area (Å²) in [6.07, 6.45) is 4.30. The second-order valence-electron chi connectivity index (χ2n) is 6.55. The number of carbonyl (C=O) groups excluding carboxylic acids is 1. The molecule has 0 atom stereocenters. The molecule has 4 heteroatoms. The predicted molar refractivity (Wildman–Crippen MR) is 106 cm³/mol. The summed E-state index contributed by atoms with van der Waals surface area (Å²) in [5, 5.41) is 3.02.